The summed E-state index contributed by atoms with van der Waals surface area (Å²) in [6.07, 6.45) is 2.83. The van der Waals surface area contributed by atoms with E-state index >= 15 is 0 Å². The number of anilines is 1. The number of hydrogen-bond donors (Lipinski definition) is 1. The average molecular weight is 176 g/mol. The second-order valence-electron chi connectivity index (χ2n) is 2.70. The predicted octanol–water partition coefficient (Wildman–Crippen LogP) is 2.25. The molecule has 0 radical (unpaired) electrons. The molecule has 0 unspecified atom stereocenters. The van der Waals surface area contributed by atoms with Crippen molar-refractivity contribution in [3.8, 4) is 6.07 Å². The number of nitriles is 1. The number of benzene rings is 1. The third-order valence-corrected chi connectivity index (χ3v) is 1.71. The number of nitrogen functional groups attached to an aromatic ring is 1. The van der Waals surface area contributed by atoms with Gasteiger partial charge in [-0.25, -0.2) is 4.39 Å². The minimum absolute atomic E-state index is 0.161. The zero-order valence-electron chi connectivity index (χ0n) is 7.21. The minimum Gasteiger partial charge on any atom is -0.396 e. The number of nitrogens with two attached hydrogens (primary N) is 1. The topological polar surface area (TPSA) is 49.8 Å². The van der Waals surface area contributed by atoms with Crippen molar-refractivity contribution >= 4 is 11.8 Å². The van der Waals surface area contributed by atoms with Crippen LogP contribution in [0, 0.1) is 24.1 Å². The fraction of sp³-hybridized carbons (Fsp3) is 0.100. The maximum absolute atomic E-state index is 13.0. The fourth-order valence-corrected chi connectivity index (χ4v) is 1.01. The molecule has 0 aliphatic heterocycles. The van der Waals surface area contributed by atoms with Crippen LogP contribution < -0.4 is 5.73 Å². The Bertz CT molecular complexity index is 365. The van der Waals surface area contributed by atoms with E-state index < -0.39 is 5.82 Å². The summed E-state index contributed by atoms with van der Waals surface area (Å²) in [5, 5.41) is 8.27. The van der Waals surface area contributed by atoms with E-state index in [2.05, 4.69) is 0 Å². The van der Waals surface area contributed by atoms with E-state index in [-0.39, 0.29) is 5.69 Å². The zero-order valence-corrected chi connectivity index (χ0v) is 7.21. The Kier molecular flexibility index (Phi) is 2.65. The van der Waals surface area contributed by atoms with Crippen molar-refractivity contribution in [1.82, 2.24) is 0 Å². The smallest absolute Gasteiger partial charge is 0.146 e. The molecule has 1 aromatic carbocycles. The van der Waals surface area contributed by atoms with E-state index in [1.807, 2.05) is 6.07 Å². The molecule has 0 spiro atoms. The Morgan fingerprint density at radius 3 is 2.77 bits per heavy atom. The van der Waals surface area contributed by atoms with Crippen molar-refractivity contribution in [1.29, 1.82) is 5.26 Å². The van der Waals surface area contributed by atoms with Gasteiger partial charge in [-0.1, -0.05) is 0 Å². The third-order valence-electron chi connectivity index (χ3n) is 1.71. The van der Waals surface area contributed by atoms with Crippen molar-refractivity contribution in [2.45, 2.75) is 6.92 Å². The van der Waals surface area contributed by atoms with Crippen LogP contribution in [0.25, 0.3) is 6.08 Å². The van der Waals surface area contributed by atoms with Crippen molar-refractivity contribution in [2.24, 2.45) is 0 Å². The van der Waals surface area contributed by atoms with Gasteiger partial charge in [0, 0.05) is 6.08 Å². The monoisotopic (exact) mass is 176 g/mol. The number of rotatable bonds is 1. The van der Waals surface area contributed by atoms with Crippen LogP contribution in [-0.2, 0) is 0 Å². The zero-order chi connectivity index (χ0) is 9.84. The van der Waals surface area contributed by atoms with Crippen molar-refractivity contribution in [3.63, 3.8) is 0 Å². The molecule has 0 heterocycles. The van der Waals surface area contributed by atoms with Gasteiger partial charge in [-0.15, -0.1) is 0 Å². The highest BCUT2D eigenvalue weighted by Gasteiger charge is 2.02. The van der Waals surface area contributed by atoms with E-state index in [1.54, 1.807) is 13.0 Å². The first-order chi connectivity index (χ1) is 6.15. The van der Waals surface area contributed by atoms with Crippen LogP contribution in [0.1, 0.15) is 11.1 Å². The summed E-state index contributed by atoms with van der Waals surface area (Å²) in [6.45, 7) is 1.72. The van der Waals surface area contributed by atoms with Crippen LogP contribution in [-0.4, -0.2) is 0 Å². The second kappa shape index (κ2) is 3.72. The second-order valence-corrected chi connectivity index (χ2v) is 2.70. The van der Waals surface area contributed by atoms with Crippen LogP contribution >= 0.6 is 0 Å². The Hall–Kier alpha value is -1.82. The highest BCUT2D eigenvalue weighted by atomic mass is 19.1. The summed E-state index contributed by atoms with van der Waals surface area (Å²) in [6, 6.07) is 4.87. The maximum Gasteiger partial charge on any atom is 0.146 e. The molecular formula is C10H9FN2. The molecule has 1 rings (SSSR count). The molecule has 2 nitrogen and oxygen atoms in total. The lowest BCUT2D eigenvalue weighted by molar-refractivity contribution is 0.631. The largest absolute Gasteiger partial charge is 0.396 e. The molecule has 0 saturated carbocycles. The van der Waals surface area contributed by atoms with Gasteiger partial charge in [-0.05, 0) is 36.3 Å². The number of halogens is 1. The molecule has 0 aromatic heterocycles. The first kappa shape index (κ1) is 9.27. The van der Waals surface area contributed by atoms with Gasteiger partial charge in [0.15, 0.2) is 0 Å². The Balaban J connectivity index is 3.15. The maximum atomic E-state index is 13.0. The summed E-state index contributed by atoms with van der Waals surface area (Å²) in [7, 11) is 0. The molecule has 3 heteroatoms. The fourth-order valence-electron chi connectivity index (χ4n) is 1.01. The van der Waals surface area contributed by atoms with Crippen LogP contribution in [0.15, 0.2) is 18.2 Å². The predicted molar refractivity (Wildman–Crippen MR) is 50.2 cm³/mol. The van der Waals surface area contributed by atoms with Gasteiger partial charge < -0.3 is 5.73 Å². The van der Waals surface area contributed by atoms with E-state index in [9.17, 15) is 4.39 Å². The van der Waals surface area contributed by atoms with E-state index in [1.165, 1.54) is 18.2 Å². The number of allylic oxidation sites excluding steroid dienone is 1. The summed E-state index contributed by atoms with van der Waals surface area (Å²) in [5.41, 5.74) is 6.90. The lowest BCUT2D eigenvalue weighted by Gasteiger charge is -2.02. The van der Waals surface area contributed by atoms with Gasteiger partial charge in [-0.3, -0.25) is 0 Å². The molecule has 2 N–H and O–H groups in total. The van der Waals surface area contributed by atoms with Gasteiger partial charge in [0.2, 0.25) is 0 Å². The van der Waals surface area contributed by atoms with Crippen LogP contribution in [0.2, 0.25) is 0 Å². The lowest BCUT2D eigenvalue weighted by Crippen LogP contribution is -1.94. The number of hydrogen-bond acceptors (Lipinski definition) is 2. The van der Waals surface area contributed by atoms with E-state index in [4.69, 9.17) is 11.0 Å². The molecule has 0 aliphatic carbocycles. The number of aryl methyl sites for hydroxylation is 1. The average Bonchev–Trinajstić information content (AvgIpc) is 2.10. The summed E-state index contributed by atoms with van der Waals surface area (Å²) in [4.78, 5) is 0. The Morgan fingerprint density at radius 1 is 1.54 bits per heavy atom. The summed E-state index contributed by atoms with van der Waals surface area (Å²) in [5.74, 6) is -0.447. The van der Waals surface area contributed by atoms with Crippen molar-refractivity contribution in [2.75, 3.05) is 5.73 Å². The highest BCUT2D eigenvalue weighted by molar-refractivity contribution is 5.59. The molecule has 0 amide bonds. The van der Waals surface area contributed by atoms with E-state index in [0.717, 1.165) is 0 Å². The SMILES string of the molecule is Cc1cc(/C=C/C#N)cc(F)c1N. The molecule has 66 valence electrons. The van der Waals surface area contributed by atoms with Crippen LogP contribution in [0.4, 0.5) is 10.1 Å². The molecule has 0 bridgehead atoms. The van der Waals surface area contributed by atoms with Gasteiger partial charge in [0.05, 0.1) is 11.8 Å². The molecule has 0 aliphatic rings. The van der Waals surface area contributed by atoms with Gasteiger partial charge >= 0.3 is 0 Å². The Morgan fingerprint density at radius 2 is 2.23 bits per heavy atom. The van der Waals surface area contributed by atoms with Crippen molar-refractivity contribution < 1.29 is 4.39 Å². The summed E-state index contributed by atoms with van der Waals surface area (Å²) < 4.78 is 13.0. The van der Waals surface area contributed by atoms with Crippen molar-refractivity contribution in [3.05, 3.63) is 35.2 Å². The minimum atomic E-state index is -0.447. The molecular weight excluding hydrogens is 167 g/mol. The molecule has 1 aromatic rings. The van der Waals surface area contributed by atoms with Crippen LogP contribution in [0.3, 0.4) is 0 Å². The van der Waals surface area contributed by atoms with Crippen LogP contribution in [0.5, 0.6) is 0 Å². The van der Waals surface area contributed by atoms with E-state index in [0.29, 0.717) is 11.1 Å². The standard InChI is InChI=1S/C10H9FN2/c1-7-5-8(3-2-4-12)6-9(11)10(7)13/h2-3,5-6H,13H2,1H3/b3-2+. The third kappa shape index (κ3) is 2.06. The van der Waals surface area contributed by atoms with Gasteiger partial charge in [0.1, 0.15) is 5.82 Å². The first-order valence-electron chi connectivity index (χ1n) is 3.77. The molecule has 0 atom stereocenters. The summed E-state index contributed by atoms with van der Waals surface area (Å²) >= 11 is 0. The first-order valence-corrected chi connectivity index (χ1v) is 3.77. The van der Waals surface area contributed by atoms with Gasteiger partial charge in [-0.2, -0.15) is 5.26 Å². The van der Waals surface area contributed by atoms with Gasteiger partial charge in [0.25, 0.3) is 0 Å². The Labute approximate surface area is 76.1 Å². The molecule has 13 heavy (non-hydrogen) atoms. The lowest BCUT2D eigenvalue weighted by atomic mass is 10.1. The molecule has 0 saturated heterocycles. The number of nitrogens with zero attached hydrogens (tertiary/aromatic N) is 1. The molecule has 0 fully saturated rings. The highest BCUT2D eigenvalue weighted by Crippen LogP contribution is 2.18. The quantitative estimate of drug-likeness (QED) is 0.527. The normalized spacial score (nSPS) is 10.2.